The van der Waals surface area contributed by atoms with Crippen molar-refractivity contribution in [2.24, 2.45) is 7.05 Å². The Morgan fingerprint density at radius 3 is 2.67 bits per heavy atom. The van der Waals surface area contributed by atoms with Gasteiger partial charge in [-0.15, -0.1) is 12.4 Å². The number of aromatic nitrogens is 1. The molecule has 0 spiro atoms. The van der Waals surface area contributed by atoms with Crippen molar-refractivity contribution >= 4 is 0 Å². The molecule has 0 aliphatic heterocycles. The van der Waals surface area contributed by atoms with Gasteiger partial charge in [0.25, 0.3) is 0 Å². The largest absolute Gasteiger partial charge is 0.473 e. The van der Waals surface area contributed by atoms with E-state index in [2.05, 4.69) is 6.20 Å². The van der Waals surface area contributed by atoms with E-state index in [-0.39, 0.29) is 0 Å². The molecule has 0 radical (unpaired) electrons. The molecule has 1 heteroatoms. The quantitative estimate of drug-likeness (QED) is 0.407. The fraction of sp³-hybridized carbons (Fsp3) is 0.200. The Morgan fingerprint density at radius 1 is 1.67 bits per heavy atom. The van der Waals surface area contributed by atoms with Crippen LogP contribution in [-0.2, 0) is 7.05 Å². The summed E-state index contributed by atoms with van der Waals surface area (Å²) in [4.78, 5) is 0. The lowest BCUT2D eigenvalue weighted by atomic mass is 10.7. The minimum atomic E-state index is 1.88. The van der Waals surface area contributed by atoms with E-state index in [4.69, 9.17) is 0 Å². The maximum absolute atomic E-state index is 2.92. The van der Waals surface area contributed by atoms with Gasteiger partial charge < -0.3 is 4.57 Å². The van der Waals surface area contributed by atoms with Crippen molar-refractivity contribution in [1.29, 1.82) is 0 Å². The summed E-state index contributed by atoms with van der Waals surface area (Å²) in [6.07, 6.45) is 4.86. The van der Waals surface area contributed by atoms with Gasteiger partial charge in [0.15, 0.2) is 0 Å². The number of hydrogen-bond donors (Lipinski definition) is 0. The SMILES string of the molecule is Cn1[c-]ccc1. The Labute approximate surface area is 37.2 Å². The Kier molecular flexibility index (Phi) is 0.675. The predicted molar refractivity (Wildman–Crippen MR) is 24.2 cm³/mol. The van der Waals surface area contributed by atoms with Gasteiger partial charge >= 0.3 is 0 Å². The van der Waals surface area contributed by atoms with Crippen molar-refractivity contribution in [3.63, 3.8) is 0 Å². The first-order valence-electron chi connectivity index (χ1n) is 1.88. The summed E-state index contributed by atoms with van der Waals surface area (Å²) in [6, 6.07) is 3.82. The molecule has 1 heterocycles. The zero-order valence-corrected chi connectivity index (χ0v) is 3.68. The molecule has 0 atom stereocenters. The number of aryl methyl sites for hydroxylation is 1. The summed E-state index contributed by atoms with van der Waals surface area (Å²) in [5, 5.41) is 0. The van der Waals surface area contributed by atoms with E-state index in [1.165, 1.54) is 0 Å². The van der Waals surface area contributed by atoms with Gasteiger partial charge in [-0.2, -0.15) is 12.1 Å². The predicted octanol–water partition coefficient (Wildman–Crippen LogP) is 0.825. The zero-order chi connectivity index (χ0) is 4.41. The topological polar surface area (TPSA) is 4.93 Å². The first-order chi connectivity index (χ1) is 2.89. The van der Waals surface area contributed by atoms with Gasteiger partial charge in [0.05, 0.1) is 0 Å². The van der Waals surface area contributed by atoms with Gasteiger partial charge in [-0.25, -0.2) is 0 Å². The first kappa shape index (κ1) is 3.47. The van der Waals surface area contributed by atoms with Crippen molar-refractivity contribution in [3.05, 3.63) is 24.5 Å². The van der Waals surface area contributed by atoms with E-state index in [0.29, 0.717) is 0 Å². The third kappa shape index (κ3) is 0.432. The molecule has 6 heavy (non-hydrogen) atoms. The molecule has 0 amide bonds. The van der Waals surface area contributed by atoms with E-state index in [1.807, 2.05) is 29.9 Å². The Hall–Kier alpha value is -0.720. The normalized spacial score (nSPS) is 8.83. The average Bonchev–Trinajstić information content (AvgIpc) is 1.86. The minimum absolute atomic E-state index is 1.88. The molecule has 0 unspecified atom stereocenters. The van der Waals surface area contributed by atoms with Crippen LogP contribution in [0.3, 0.4) is 0 Å². The molecule has 0 N–H and O–H groups in total. The molecular weight excluding hydrogens is 74.1 g/mol. The van der Waals surface area contributed by atoms with Crippen LogP contribution in [0.15, 0.2) is 18.3 Å². The fourth-order valence-electron chi connectivity index (χ4n) is 0.376. The van der Waals surface area contributed by atoms with Crippen LogP contribution >= 0.6 is 0 Å². The van der Waals surface area contributed by atoms with E-state index in [0.717, 1.165) is 0 Å². The molecule has 1 aromatic rings. The Morgan fingerprint density at radius 2 is 2.50 bits per heavy atom. The lowest BCUT2D eigenvalue weighted by Gasteiger charge is -1.89. The maximum atomic E-state index is 2.92. The molecule has 0 aliphatic carbocycles. The molecule has 32 valence electrons. The van der Waals surface area contributed by atoms with Gasteiger partial charge in [-0.1, -0.05) is 0 Å². The van der Waals surface area contributed by atoms with E-state index < -0.39 is 0 Å². The second-order valence-corrected chi connectivity index (χ2v) is 1.25. The van der Waals surface area contributed by atoms with Crippen molar-refractivity contribution in [2.75, 3.05) is 0 Å². The molecule has 1 aromatic heterocycles. The van der Waals surface area contributed by atoms with E-state index in [9.17, 15) is 0 Å². The summed E-state index contributed by atoms with van der Waals surface area (Å²) in [5.74, 6) is 0. The van der Waals surface area contributed by atoms with Crippen molar-refractivity contribution in [3.8, 4) is 0 Å². The smallest absolute Gasteiger partial charge is 0.0144 e. The van der Waals surface area contributed by atoms with Crippen LogP contribution in [0.5, 0.6) is 0 Å². The van der Waals surface area contributed by atoms with Crippen molar-refractivity contribution in [1.82, 2.24) is 4.57 Å². The minimum Gasteiger partial charge on any atom is -0.473 e. The van der Waals surface area contributed by atoms with Crippen molar-refractivity contribution in [2.45, 2.75) is 0 Å². The zero-order valence-electron chi connectivity index (χ0n) is 3.68. The summed E-state index contributed by atoms with van der Waals surface area (Å²) in [7, 11) is 1.94. The van der Waals surface area contributed by atoms with Gasteiger partial charge in [0.1, 0.15) is 0 Å². The number of hydrogen-bond acceptors (Lipinski definition) is 0. The van der Waals surface area contributed by atoms with Gasteiger partial charge in [-0.3, -0.25) is 0 Å². The summed E-state index contributed by atoms with van der Waals surface area (Å²) in [6.45, 7) is 0. The average molecular weight is 80.1 g/mol. The van der Waals surface area contributed by atoms with Gasteiger partial charge in [0.2, 0.25) is 0 Å². The van der Waals surface area contributed by atoms with Crippen LogP contribution in [0.4, 0.5) is 0 Å². The highest BCUT2D eigenvalue weighted by molar-refractivity contribution is 4.86. The Balaban J connectivity index is 3.05. The van der Waals surface area contributed by atoms with Crippen LogP contribution in [0, 0.1) is 6.20 Å². The van der Waals surface area contributed by atoms with E-state index >= 15 is 0 Å². The standard InChI is InChI=1S/C5H6N/c1-6-4-2-3-5-6/h2-4H,1H3/q-1. The number of nitrogens with zero attached hydrogens (tertiary/aromatic N) is 1. The number of rotatable bonds is 0. The molecule has 0 saturated heterocycles. The summed E-state index contributed by atoms with van der Waals surface area (Å²) < 4.78 is 1.88. The lowest BCUT2D eigenvalue weighted by molar-refractivity contribution is 0.919. The highest BCUT2D eigenvalue weighted by Gasteiger charge is 1.56. The molecule has 0 aliphatic rings. The molecule has 0 saturated carbocycles. The Bertz CT molecular complexity index is 107. The molecule has 0 fully saturated rings. The highest BCUT2D eigenvalue weighted by Crippen LogP contribution is 1.79. The fourth-order valence-corrected chi connectivity index (χ4v) is 0.376. The van der Waals surface area contributed by atoms with E-state index in [1.54, 1.807) is 0 Å². The van der Waals surface area contributed by atoms with Crippen LogP contribution < -0.4 is 0 Å². The molecular formula is C5H6N-. The van der Waals surface area contributed by atoms with Crippen LogP contribution in [0.2, 0.25) is 0 Å². The monoisotopic (exact) mass is 80.1 g/mol. The third-order valence-electron chi connectivity index (χ3n) is 0.684. The van der Waals surface area contributed by atoms with Crippen molar-refractivity contribution < 1.29 is 0 Å². The van der Waals surface area contributed by atoms with Crippen LogP contribution in [-0.4, -0.2) is 4.57 Å². The summed E-state index contributed by atoms with van der Waals surface area (Å²) in [5.41, 5.74) is 0. The second-order valence-electron chi connectivity index (χ2n) is 1.25. The lowest BCUT2D eigenvalue weighted by Crippen LogP contribution is -1.76. The molecule has 0 aromatic carbocycles. The third-order valence-corrected chi connectivity index (χ3v) is 0.684. The van der Waals surface area contributed by atoms with Gasteiger partial charge in [-0.05, 0) is 7.05 Å². The van der Waals surface area contributed by atoms with Gasteiger partial charge in [0, 0.05) is 0 Å². The van der Waals surface area contributed by atoms with Crippen LogP contribution in [0.25, 0.3) is 0 Å². The summed E-state index contributed by atoms with van der Waals surface area (Å²) >= 11 is 0. The molecule has 1 rings (SSSR count). The first-order valence-corrected chi connectivity index (χ1v) is 1.88. The highest BCUT2D eigenvalue weighted by atomic mass is 14.9. The van der Waals surface area contributed by atoms with Crippen LogP contribution in [0.1, 0.15) is 0 Å². The molecule has 1 nitrogen and oxygen atoms in total. The molecule has 0 bridgehead atoms. The second kappa shape index (κ2) is 1.17. The maximum Gasteiger partial charge on any atom is -0.0144 e.